The zero-order valence-electron chi connectivity index (χ0n) is 15.6. The third kappa shape index (κ3) is 2.42. The molecule has 26 heavy (non-hydrogen) atoms. The summed E-state index contributed by atoms with van der Waals surface area (Å²) in [4.78, 5) is 9.64. The van der Waals surface area contributed by atoms with Crippen LogP contribution >= 0.6 is 0 Å². The van der Waals surface area contributed by atoms with Gasteiger partial charge in [0.1, 0.15) is 17.0 Å². The van der Waals surface area contributed by atoms with Gasteiger partial charge < -0.3 is 0 Å². The highest BCUT2D eigenvalue weighted by molar-refractivity contribution is 6.13. The third-order valence-corrected chi connectivity index (χ3v) is 5.50. The molecule has 1 atom stereocenters. The van der Waals surface area contributed by atoms with Gasteiger partial charge in [0.05, 0.1) is 11.1 Å². The Balaban J connectivity index is 1.98. The number of halogens is 1. The average molecular weight is 348 g/mol. The number of hydrogen-bond donors (Lipinski definition) is 0. The first-order valence-corrected chi connectivity index (χ1v) is 8.79. The zero-order valence-corrected chi connectivity index (χ0v) is 15.6. The van der Waals surface area contributed by atoms with E-state index in [4.69, 9.17) is 9.98 Å². The molecule has 4 nitrogen and oxygen atoms in total. The Morgan fingerprint density at radius 1 is 1.04 bits per heavy atom. The summed E-state index contributed by atoms with van der Waals surface area (Å²) in [5.41, 5.74) is 5.45. The molecule has 0 radical (unpaired) electrons. The number of aliphatic imine (C=N–C) groups is 1. The quantitative estimate of drug-likeness (QED) is 0.650. The maximum Gasteiger partial charge on any atom is 0.201 e. The predicted molar refractivity (Wildman–Crippen MR) is 101 cm³/mol. The summed E-state index contributed by atoms with van der Waals surface area (Å²) in [7, 11) is 0. The van der Waals surface area contributed by atoms with Crippen molar-refractivity contribution in [2.24, 2.45) is 4.99 Å². The van der Waals surface area contributed by atoms with Crippen LogP contribution in [0.15, 0.2) is 35.3 Å². The number of benzene rings is 2. The van der Waals surface area contributed by atoms with Crippen LogP contribution in [0.5, 0.6) is 0 Å². The van der Waals surface area contributed by atoms with E-state index in [1.54, 1.807) is 6.07 Å². The maximum absolute atomic E-state index is 14.2. The Hall–Kier alpha value is -2.69. The summed E-state index contributed by atoms with van der Waals surface area (Å²) in [6.07, 6.45) is 0. The van der Waals surface area contributed by atoms with E-state index >= 15 is 0 Å². The largest absolute Gasteiger partial charge is 0.274 e. The first-order valence-electron chi connectivity index (χ1n) is 8.79. The molecule has 1 unspecified atom stereocenters. The minimum atomic E-state index is -0.383. The van der Waals surface area contributed by atoms with Gasteiger partial charge in [-0.1, -0.05) is 19.1 Å². The van der Waals surface area contributed by atoms with Crippen molar-refractivity contribution in [3.63, 3.8) is 0 Å². The fourth-order valence-electron chi connectivity index (χ4n) is 3.63. The number of fused-ring (bicyclic) bond motifs is 2. The molecular weight excluding hydrogens is 327 g/mol. The van der Waals surface area contributed by atoms with Gasteiger partial charge in [-0.2, -0.15) is 0 Å². The molecule has 4 rings (SSSR count). The fourth-order valence-corrected chi connectivity index (χ4v) is 3.63. The van der Waals surface area contributed by atoms with E-state index in [0.29, 0.717) is 17.1 Å². The minimum absolute atomic E-state index is 0.0904. The lowest BCUT2D eigenvalue weighted by molar-refractivity contribution is 0.428. The van der Waals surface area contributed by atoms with E-state index in [1.807, 2.05) is 32.0 Å². The second-order valence-corrected chi connectivity index (χ2v) is 7.55. The molecule has 1 aliphatic heterocycles. The molecule has 0 spiro atoms. The van der Waals surface area contributed by atoms with Crippen LogP contribution in [0.3, 0.4) is 0 Å². The third-order valence-electron chi connectivity index (χ3n) is 5.50. The van der Waals surface area contributed by atoms with Crippen LogP contribution in [0.4, 0.5) is 4.39 Å². The summed E-state index contributed by atoms with van der Waals surface area (Å²) in [6.45, 7) is 10.0. The molecule has 0 saturated heterocycles. The Morgan fingerprint density at radius 2 is 1.81 bits per heavy atom. The molecule has 0 fully saturated rings. The van der Waals surface area contributed by atoms with E-state index in [9.17, 15) is 4.39 Å². The van der Waals surface area contributed by atoms with Crippen LogP contribution in [-0.2, 0) is 0 Å². The van der Waals surface area contributed by atoms with E-state index in [1.165, 1.54) is 6.07 Å². The van der Waals surface area contributed by atoms with Crippen molar-refractivity contribution in [2.45, 2.75) is 46.1 Å². The highest BCUT2D eigenvalue weighted by Gasteiger charge is 2.37. The molecule has 0 bridgehead atoms. The van der Waals surface area contributed by atoms with Crippen LogP contribution < -0.4 is 0 Å². The van der Waals surface area contributed by atoms with Gasteiger partial charge >= 0.3 is 0 Å². The molecule has 5 heteroatoms. The van der Waals surface area contributed by atoms with Gasteiger partial charge in [-0.05, 0) is 62.6 Å². The first-order chi connectivity index (χ1) is 12.3. The summed E-state index contributed by atoms with van der Waals surface area (Å²) < 4.78 is 14.2. The van der Waals surface area contributed by atoms with Crippen LogP contribution in [0.1, 0.15) is 54.8 Å². The van der Waals surface area contributed by atoms with Gasteiger partial charge in [-0.15, -0.1) is 10.2 Å². The van der Waals surface area contributed by atoms with Crippen LogP contribution in [0.2, 0.25) is 0 Å². The molecule has 0 aliphatic carbocycles. The predicted octanol–water partition coefficient (Wildman–Crippen LogP) is 4.51. The Labute approximate surface area is 152 Å². The SMILES string of the molecule is Cc1c(F)ccc2c1C(C)C(C)(C)N=C2c1nnc2c(C)cccc2n1. The standard InChI is InChI=1S/C21H21FN4/c1-11-7-6-8-16-18(11)25-26-20(23-16)19-14-9-10-15(22)12(2)17(14)13(3)21(4,5)24-19/h6-10,13H,1-5H3. The lowest BCUT2D eigenvalue weighted by Crippen LogP contribution is -2.34. The van der Waals surface area contributed by atoms with Gasteiger partial charge in [0.15, 0.2) is 0 Å². The second-order valence-electron chi connectivity index (χ2n) is 7.55. The van der Waals surface area contributed by atoms with E-state index in [0.717, 1.165) is 27.7 Å². The van der Waals surface area contributed by atoms with Crippen molar-refractivity contribution in [1.82, 2.24) is 15.2 Å². The highest BCUT2D eigenvalue weighted by Crippen LogP contribution is 2.40. The topological polar surface area (TPSA) is 51.0 Å². The molecule has 1 aromatic heterocycles. The van der Waals surface area contributed by atoms with Crippen molar-refractivity contribution in [3.05, 3.63) is 64.2 Å². The van der Waals surface area contributed by atoms with E-state index in [2.05, 4.69) is 31.0 Å². The normalized spacial score (nSPS) is 18.5. The van der Waals surface area contributed by atoms with Crippen LogP contribution in [0, 0.1) is 19.7 Å². The first kappa shape index (κ1) is 16.8. The Bertz CT molecular complexity index is 1070. The second kappa shape index (κ2) is 5.66. The number of aromatic nitrogens is 3. The fraction of sp³-hybridized carbons (Fsp3) is 0.333. The lowest BCUT2D eigenvalue weighted by atomic mass is 9.76. The molecular formula is C21H21FN4. The van der Waals surface area contributed by atoms with Crippen molar-refractivity contribution in [3.8, 4) is 0 Å². The van der Waals surface area contributed by atoms with Gasteiger partial charge in [0, 0.05) is 11.5 Å². The smallest absolute Gasteiger partial charge is 0.201 e. The van der Waals surface area contributed by atoms with Gasteiger partial charge in [-0.3, -0.25) is 4.99 Å². The Kier molecular flexibility index (Phi) is 3.65. The minimum Gasteiger partial charge on any atom is -0.274 e. The lowest BCUT2D eigenvalue weighted by Gasteiger charge is -2.36. The van der Waals surface area contributed by atoms with Crippen LogP contribution in [-0.4, -0.2) is 26.4 Å². The molecule has 0 N–H and O–H groups in total. The molecule has 132 valence electrons. The number of aryl methyl sites for hydroxylation is 1. The average Bonchev–Trinajstić information content (AvgIpc) is 2.61. The summed E-state index contributed by atoms with van der Waals surface area (Å²) in [5.74, 6) is 0.378. The highest BCUT2D eigenvalue weighted by atomic mass is 19.1. The molecule has 1 aliphatic rings. The summed E-state index contributed by atoms with van der Waals surface area (Å²) in [5, 5.41) is 8.72. The summed E-state index contributed by atoms with van der Waals surface area (Å²) in [6, 6.07) is 9.15. The molecule has 3 aromatic rings. The number of hydrogen-bond acceptors (Lipinski definition) is 4. The van der Waals surface area contributed by atoms with E-state index < -0.39 is 0 Å². The van der Waals surface area contributed by atoms with Gasteiger partial charge in [-0.25, -0.2) is 9.37 Å². The van der Waals surface area contributed by atoms with Gasteiger partial charge in [0.2, 0.25) is 5.82 Å². The monoisotopic (exact) mass is 348 g/mol. The van der Waals surface area contributed by atoms with Crippen LogP contribution in [0.25, 0.3) is 11.0 Å². The van der Waals surface area contributed by atoms with Crippen molar-refractivity contribution >= 4 is 16.7 Å². The molecule has 0 saturated carbocycles. The molecule has 0 amide bonds. The summed E-state index contributed by atoms with van der Waals surface area (Å²) >= 11 is 0. The number of rotatable bonds is 1. The Morgan fingerprint density at radius 3 is 2.58 bits per heavy atom. The zero-order chi connectivity index (χ0) is 18.6. The molecule has 2 heterocycles. The number of nitrogens with zero attached hydrogens (tertiary/aromatic N) is 4. The van der Waals surface area contributed by atoms with Crippen molar-refractivity contribution in [2.75, 3.05) is 0 Å². The van der Waals surface area contributed by atoms with E-state index in [-0.39, 0.29) is 17.3 Å². The van der Waals surface area contributed by atoms with Crippen molar-refractivity contribution < 1.29 is 4.39 Å². The van der Waals surface area contributed by atoms with Crippen molar-refractivity contribution in [1.29, 1.82) is 0 Å². The molecule has 2 aromatic carbocycles. The van der Waals surface area contributed by atoms with Gasteiger partial charge in [0.25, 0.3) is 0 Å². The maximum atomic E-state index is 14.2.